The van der Waals surface area contributed by atoms with Crippen molar-refractivity contribution in [1.29, 1.82) is 0 Å². The van der Waals surface area contributed by atoms with E-state index >= 15 is 0 Å². The predicted molar refractivity (Wildman–Crippen MR) is 54.9 cm³/mol. The van der Waals surface area contributed by atoms with E-state index < -0.39 is 16.7 Å². The molecule has 2 N–H and O–H groups in total. The van der Waals surface area contributed by atoms with Crippen LogP contribution in [-0.2, 0) is 0 Å². The lowest BCUT2D eigenvalue weighted by Gasteiger charge is -2.22. The van der Waals surface area contributed by atoms with Crippen LogP contribution in [0.5, 0.6) is 0 Å². The van der Waals surface area contributed by atoms with Gasteiger partial charge in [-0.05, 0) is 6.92 Å². The molecule has 1 aromatic carbocycles. The SMILES string of the molecule is Cc1ccccc1[N+](C)(C(=O)O)C(=O)O. The van der Waals surface area contributed by atoms with E-state index in [1.807, 2.05) is 0 Å². The summed E-state index contributed by atoms with van der Waals surface area (Å²) < 4.78 is -1.16. The van der Waals surface area contributed by atoms with Gasteiger partial charge in [0.15, 0.2) is 5.69 Å². The molecule has 0 bridgehead atoms. The lowest BCUT2D eigenvalue weighted by atomic mass is 10.1. The second-order valence-corrected chi connectivity index (χ2v) is 3.36. The minimum Gasteiger partial charge on any atom is -0.435 e. The van der Waals surface area contributed by atoms with Gasteiger partial charge in [0, 0.05) is 11.6 Å². The molecular weight excluding hydrogens is 198 g/mol. The molecule has 0 unspecified atom stereocenters. The van der Waals surface area contributed by atoms with Gasteiger partial charge in [0.05, 0.1) is 7.05 Å². The molecule has 5 nitrogen and oxygen atoms in total. The molecule has 0 aliphatic rings. The molecule has 0 saturated carbocycles. The number of hydrogen-bond acceptors (Lipinski definition) is 2. The molecule has 0 saturated heterocycles. The number of rotatable bonds is 1. The van der Waals surface area contributed by atoms with Crippen molar-refractivity contribution >= 4 is 17.9 Å². The van der Waals surface area contributed by atoms with Crippen LogP contribution in [0.15, 0.2) is 24.3 Å². The Balaban J connectivity index is 3.41. The second-order valence-electron chi connectivity index (χ2n) is 3.36. The van der Waals surface area contributed by atoms with Gasteiger partial charge in [0.2, 0.25) is 0 Å². The fourth-order valence-corrected chi connectivity index (χ4v) is 1.35. The van der Waals surface area contributed by atoms with Gasteiger partial charge in [-0.3, -0.25) is 0 Å². The third-order valence-electron chi connectivity index (χ3n) is 2.36. The quantitative estimate of drug-likeness (QED) is 0.697. The van der Waals surface area contributed by atoms with E-state index in [4.69, 9.17) is 10.2 Å². The first kappa shape index (κ1) is 11.2. The molecule has 80 valence electrons. The van der Waals surface area contributed by atoms with Crippen LogP contribution in [0.1, 0.15) is 5.56 Å². The van der Waals surface area contributed by atoms with Gasteiger partial charge in [-0.15, -0.1) is 0 Å². The van der Waals surface area contributed by atoms with Crippen molar-refractivity contribution in [3.05, 3.63) is 29.8 Å². The predicted octanol–water partition coefficient (Wildman–Crippen LogP) is 2.29. The Bertz CT molecular complexity index is 400. The van der Waals surface area contributed by atoms with Gasteiger partial charge in [0.1, 0.15) is 0 Å². The summed E-state index contributed by atoms with van der Waals surface area (Å²) >= 11 is 0. The Labute approximate surface area is 86.8 Å². The number of amides is 2. The summed E-state index contributed by atoms with van der Waals surface area (Å²) in [6.45, 7) is 1.68. The van der Waals surface area contributed by atoms with Crippen molar-refractivity contribution in [3.8, 4) is 0 Å². The molecule has 0 aromatic heterocycles. The van der Waals surface area contributed by atoms with Crippen molar-refractivity contribution in [2.24, 2.45) is 0 Å². The molecule has 0 radical (unpaired) electrons. The maximum atomic E-state index is 11.0. The molecule has 0 aliphatic carbocycles. The Morgan fingerprint density at radius 1 is 1.13 bits per heavy atom. The molecule has 0 spiro atoms. The number of nitrogens with zero attached hydrogens (tertiary/aromatic N) is 1. The molecule has 2 amide bonds. The van der Waals surface area contributed by atoms with Gasteiger partial charge in [-0.2, -0.15) is 9.59 Å². The largest absolute Gasteiger partial charge is 0.529 e. The number of hydrogen-bond donors (Lipinski definition) is 2. The topological polar surface area (TPSA) is 74.6 Å². The zero-order valence-corrected chi connectivity index (χ0v) is 8.47. The van der Waals surface area contributed by atoms with E-state index in [1.165, 1.54) is 6.07 Å². The summed E-state index contributed by atoms with van der Waals surface area (Å²) in [6, 6.07) is 6.52. The summed E-state index contributed by atoms with van der Waals surface area (Å²) in [5.74, 6) is 0. The average Bonchev–Trinajstić information content (AvgIpc) is 2.16. The van der Waals surface area contributed by atoms with Crippen molar-refractivity contribution in [2.75, 3.05) is 7.05 Å². The highest BCUT2D eigenvalue weighted by molar-refractivity contribution is 6.01. The minimum atomic E-state index is -1.42. The lowest BCUT2D eigenvalue weighted by molar-refractivity contribution is 0.133. The summed E-state index contributed by atoms with van der Waals surface area (Å²) in [5.41, 5.74) is 0.877. The first-order chi connectivity index (χ1) is 6.90. The number of aryl methyl sites for hydroxylation is 1. The van der Waals surface area contributed by atoms with Crippen LogP contribution < -0.4 is 4.48 Å². The summed E-state index contributed by atoms with van der Waals surface area (Å²) in [7, 11) is 1.13. The van der Waals surface area contributed by atoms with Crippen molar-refractivity contribution < 1.29 is 19.8 Å². The van der Waals surface area contributed by atoms with Crippen LogP contribution >= 0.6 is 0 Å². The number of carbonyl (C=O) groups is 2. The molecule has 0 fully saturated rings. The Kier molecular flexibility index (Phi) is 2.76. The number of carboxylic acid groups (broad SMARTS) is 2. The van der Waals surface area contributed by atoms with Crippen LogP contribution in [0, 0.1) is 6.92 Å². The third kappa shape index (κ3) is 1.69. The van der Waals surface area contributed by atoms with Crippen LogP contribution in [-0.4, -0.2) is 29.4 Å². The van der Waals surface area contributed by atoms with E-state index in [-0.39, 0.29) is 5.69 Å². The fraction of sp³-hybridized carbons (Fsp3) is 0.200. The molecular formula is C10H12NO4+. The van der Waals surface area contributed by atoms with E-state index in [0.717, 1.165) is 7.05 Å². The van der Waals surface area contributed by atoms with E-state index in [2.05, 4.69) is 0 Å². The molecule has 0 heterocycles. The van der Waals surface area contributed by atoms with Crippen molar-refractivity contribution in [1.82, 2.24) is 4.48 Å². The van der Waals surface area contributed by atoms with E-state index in [0.29, 0.717) is 5.56 Å². The van der Waals surface area contributed by atoms with Crippen LogP contribution in [0.4, 0.5) is 15.3 Å². The molecule has 1 aromatic rings. The number of imide groups is 1. The maximum Gasteiger partial charge on any atom is 0.529 e. The maximum absolute atomic E-state index is 11.0. The molecule has 5 heteroatoms. The Morgan fingerprint density at radius 3 is 2.00 bits per heavy atom. The molecule has 0 atom stereocenters. The van der Waals surface area contributed by atoms with Gasteiger partial charge in [0.25, 0.3) is 0 Å². The minimum absolute atomic E-state index is 0.248. The highest BCUT2D eigenvalue weighted by atomic mass is 16.4. The average molecular weight is 210 g/mol. The molecule has 0 aliphatic heterocycles. The number of para-hydroxylation sites is 1. The second kappa shape index (κ2) is 3.70. The zero-order valence-electron chi connectivity index (χ0n) is 8.47. The Morgan fingerprint density at radius 2 is 1.60 bits per heavy atom. The van der Waals surface area contributed by atoms with Crippen molar-refractivity contribution in [2.45, 2.75) is 6.92 Å². The van der Waals surface area contributed by atoms with E-state index in [1.54, 1.807) is 25.1 Å². The highest BCUT2D eigenvalue weighted by Gasteiger charge is 2.44. The zero-order chi connectivity index (χ0) is 11.6. The smallest absolute Gasteiger partial charge is 0.435 e. The molecule has 1 rings (SSSR count). The van der Waals surface area contributed by atoms with Crippen LogP contribution in [0.2, 0.25) is 0 Å². The highest BCUT2D eigenvalue weighted by Crippen LogP contribution is 2.25. The Hall–Kier alpha value is -1.88. The first-order valence-electron chi connectivity index (χ1n) is 4.30. The summed E-state index contributed by atoms with van der Waals surface area (Å²) in [4.78, 5) is 22.0. The normalized spacial score (nSPS) is 11.1. The standard InChI is InChI=1S/C10H11NO4/c1-7-5-3-4-6-8(7)11(2,9(12)13)10(14)15/h3-6H,1-2H3,(H-,12,13,14,15)/p+1. The van der Waals surface area contributed by atoms with Crippen molar-refractivity contribution in [3.63, 3.8) is 0 Å². The first-order valence-corrected chi connectivity index (χ1v) is 4.30. The fourth-order valence-electron chi connectivity index (χ4n) is 1.35. The number of benzene rings is 1. The van der Waals surface area contributed by atoms with Gasteiger partial charge in [-0.1, -0.05) is 22.7 Å². The monoisotopic (exact) mass is 210 g/mol. The summed E-state index contributed by atoms with van der Waals surface area (Å²) in [5, 5.41) is 17.9. The third-order valence-corrected chi connectivity index (χ3v) is 2.36. The van der Waals surface area contributed by atoms with E-state index in [9.17, 15) is 9.59 Å². The van der Waals surface area contributed by atoms with Crippen LogP contribution in [0.3, 0.4) is 0 Å². The summed E-state index contributed by atoms with van der Waals surface area (Å²) in [6.07, 6.45) is -2.84. The van der Waals surface area contributed by atoms with Gasteiger partial charge >= 0.3 is 12.2 Å². The van der Waals surface area contributed by atoms with Gasteiger partial charge in [-0.25, -0.2) is 0 Å². The molecule has 15 heavy (non-hydrogen) atoms. The number of quaternary nitrogens is 1. The van der Waals surface area contributed by atoms with Gasteiger partial charge < -0.3 is 10.2 Å². The van der Waals surface area contributed by atoms with Crippen LogP contribution in [0.25, 0.3) is 0 Å². The lowest BCUT2D eigenvalue weighted by Crippen LogP contribution is -2.54.